The minimum Gasteiger partial charge on any atom is -0.867 e. The van der Waals surface area contributed by atoms with Gasteiger partial charge in [0, 0.05) is 5.56 Å². The van der Waals surface area contributed by atoms with Crippen molar-refractivity contribution in [3.05, 3.63) is 57.2 Å². The standard InChI is InChI=1S/C19H14O7/c1-9-2-3-14-12(4-9)15(20)16(21)18(26-14)13-6-10(19(22)23)5-11-7-24-8-25-17(11)13/h2-6,21H,7-8H2,1H3,(H,22,23)/p-1. The number of hydrogen-bond donors (Lipinski definition) is 1. The van der Waals surface area contributed by atoms with Crippen molar-refractivity contribution in [2.75, 3.05) is 6.79 Å². The molecular formula is C19H13O7-. The predicted octanol–water partition coefficient (Wildman–Crippen LogP) is 2.41. The lowest BCUT2D eigenvalue weighted by molar-refractivity contribution is -0.270. The van der Waals surface area contributed by atoms with Crippen LogP contribution in [0.4, 0.5) is 0 Å². The first-order valence-corrected chi connectivity index (χ1v) is 7.81. The summed E-state index contributed by atoms with van der Waals surface area (Å²) in [6.45, 7) is 1.89. The van der Waals surface area contributed by atoms with Crippen molar-refractivity contribution in [1.29, 1.82) is 0 Å². The van der Waals surface area contributed by atoms with Crippen molar-refractivity contribution < 1.29 is 28.9 Å². The molecule has 0 bridgehead atoms. The van der Waals surface area contributed by atoms with E-state index in [4.69, 9.17) is 13.9 Å². The van der Waals surface area contributed by atoms with Gasteiger partial charge in [-0.25, -0.2) is 4.79 Å². The molecule has 1 aliphatic heterocycles. The number of carboxylic acid groups (broad SMARTS) is 1. The summed E-state index contributed by atoms with van der Waals surface area (Å²) >= 11 is 0. The molecule has 0 spiro atoms. The second-order valence-electron chi connectivity index (χ2n) is 6.02. The van der Waals surface area contributed by atoms with E-state index in [0.29, 0.717) is 5.56 Å². The summed E-state index contributed by atoms with van der Waals surface area (Å²) in [6.07, 6.45) is 0. The molecule has 26 heavy (non-hydrogen) atoms. The van der Waals surface area contributed by atoms with Gasteiger partial charge in [0.1, 0.15) is 17.1 Å². The van der Waals surface area contributed by atoms with E-state index in [1.807, 2.05) is 0 Å². The normalized spacial score (nSPS) is 13.3. The monoisotopic (exact) mass is 353 g/mol. The van der Waals surface area contributed by atoms with E-state index in [-0.39, 0.29) is 47.0 Å². The van der Waals surface area contributed by atoms with E-state index >= 15 is 0 Å². The largest absolute Gasteiger partial charge is 0.867 e. The van der Waals surface area contributed by atoms with Crippen LogP contribution in [0, 0.1) is 6.92 Å². The van der Waals surface area contributed by atoms with Gasteiger partial charge < -0.3 is 24.1 Å². The fourth-order valence-electron chi connectivity index (χ4n) is 2.98. The highest BCUT2D eigenvalue weighted by Crippen LogP contribution is 2.40. The van der Waals surface area contributed by atoms with Crippen molar-refractivity contribution in [3.8, 4) is 22.8 Å². The lowest BCUT2D eigenvalue weighted by atomic mass is 10.0. The number of fused-ring (bicyclic) bond motifs is 2. The summed E-state index contributed by atoms with van der Waals surface area (Å²) in [4.78, 5) is 23.9. The zero-order chi connectivity index (χ0) is 18.4. The van der Waals surface area contributed by atoms with Crippen molar-refractivity contribution in [1.82, 2.24) is 0 Å². The smallest absolute Gasteiger partial charge is 0.335 e. The Bertz CT molecular complexity index is 1110. The summed E-state index contributed by atoms with van der Waals surface area (Å²) in [5, 5.41) is 22.1. The van der Waals surface area contributed by atoms with E-state index in [1.54, 1.807) is 25.1 Å². The molecule has 0 saturated carbocycles. The molecule has 7 nitrogen and oxygen atoms in total. The predicted molar refractivity (Wildman–Crippen MR) is 89.3 cm³/mol. The number of benzene rings is 2. The average molecular weight is 353 g/mol. The van der Waals surface area contributed by atoms with Crippen LogP contribution in [0.3, 0.4) is 0 Å². The maximum Gasteiger partial charge on any atom is 0.335 e. The van der Waals surface area contributed by atoms with E-state index in [2.05, 4.69) is 0 Å². The highest BCUT2D eigenvalue weighted by Gasteiger charge is 2.23. The van der Waals surface area contributed by atoms with Gasteiger partial charge in [-0.05, 0) is 36.9 Å². The minimum absolute atomic E-state index is 0.0440. The molecule has 2 aromatic carbocycles. The van der Waals surface area contributed by atoms with Gasteiger partial charge in [-0.3, -0.25) is 4.79 Å². The van der Waals surface area contributed by atoms with Crippen molar-refractivity contribution in [3.63, 3.8) is 0 Å². The topological polar surface area (TPSA) is 109 Å². The van der Waals surface area contributed by atoms with Crippen molar-refractivity contribution >= 4 is 16.9 Å². The molecule has 7 heteroatoms. The molecule has 132 valence electrons. The van der Waals surface area contributed by atoms with Crippen LogP contribution in [0.25, 0.3) is 22.3 Å². The average Bonchev–Trinajstić information content (AvgIpc) is 2.64. The Labute approximate surface area is 147 Å². The molecular weight excluding hydrogens is 340 g/mol. The summed E-state index contributed by atoms with van der Waals surface area (Å²) in [6, 6.07) is 7.62. The lowest BCUT2D eigenvalue weighted by Crippen LogP contribution is -2.16. The maximum absolute atomic E-state index is 12.6. The first-order chi connectivity index (χ1) is 12.5. The van der Waals surface area contributed by atoms with Gasteiger partial charge in [-0.15, -0.1) is 0 Å². The Morgan fingerprint density at radius 3 is 2.81 bits per heavy atom. The summed E-state index contributed by atoms with van der Waals surface area (Å²) in [5.74, 6) is -1.98. The van der Waals surface area contributed by atoms with Gasteiger partial charge in [0.05, 0.1) is 23.1 Å². The fraction of sp³-hybridized carbons (Fsp3) is 0.158. The minimum atomic E-state index is -1.18. The van der Waals surface area contributed by atoms with Crippen LogP contribution in [0.15, 0.2) is 39.5 Å². The molecule has 2 heterocycles. The summed E-state index contributed by atoms with van der Waals surface area (Å²) in [5.41, 5.74) is 0.912. The molecule has 1 N–H and O–H groups in total. The number of carboxylic acids is 1. The van der Waals surface area contributed by atoms with Crippen LogP contribution >= 0.6 is 0 Å². The third-order valence-corrected chi connectivity index (χ3v) is 4.21. The van der Waals surface area contributed by atoms with Crippen LogP contribution in [-0.4, -0.2) is 17.9 Å². The number of hydrogen-bond acceptors (Lipinski definition) is 6. The Morgan fingerprint density at radius 2 is 2.04 bits per heavy atom. The molecule has 1 aromatic heterocycles. The van der Waals surface area contributed by atoms with E-state index in [1.165, 1.54) is 12.1 Å². The first-order valence-electron chi connectivity index (χ1n) is 7.81. The zero-order valence-corrected chi connectivity index (χ0v) is 13.7. The molecule has 0 saturated heterocycles. The number of aryl methyl sites for hydroxylation is 1. The highest BCUT2D eigenvalue weighted by atomic mass is 16.7. The summed E-state index contributed by atoms with van der Waals surface area (Å²) in [7, 11) is 0. The number of aromatic carboxylic acids is 1. The van der Waals surface area contributed by atoms with Crippen LogP contribution in [-0.2, 0) is 11.3 Å². The highest BCUT2D eigenvalue weighted by molar-refractivity contribution is 5.92. The van der Waals surface area contributed by atoms with Gasteiger partial charge in [0.2, 0.25) is 0 Å². The quantitative estimate of drug-likeness (QED) is 0.753. The molecule has 0 radical (unpaired) electrons. The van der Waals surface area contributed by atoms with E-state index < -0.39 is 17.1 Å². The van der Waals surface area contributed by atoms with Crippen LogP contribution < -0.4 is 15.3 Å². The Morgan fingerprint density at radius 1 is 1.23 bits per heavy atom. The second kappa shape index (κ2) is 5.89. The molecule has 4 rings (SSSR count). The van der Waals surface area contributed by atoms with Gasteiger partial charge >= 0.3 is 5.97 Å². The molecule has 3 aromatic rings. The van der Waals surface area contributed by atoms with E-state index in [9.17, 15) is 19.8 Å². The third-order valence-electron chi connectivity index (χ3n) is 4.21. The Hall–Kier alpha value is -3.32. The van der Waals surface area contributed by atoms with Crippen molar-refractivity contribution in [2.24, 2.45) is 0 Å². The maximum atomic E-state index is 12.6. The Balaban J connectivity index is 2.05. The first kappa shape index (κ1) is 16.2. The molecule has 1 aliphatic rings. The third kappa shape index (κ3) is 2.49. The molecule has 0 atom stereocenters. The number of ether oxygens (including phenoxy) is 2. The van der Waals surface area contributed by atoms with Gasteiger partial charge in [-0.2, -0.15) is 0 Å². The number of carbonyl (C=O) groups is 1. The van der Waals surface area contributed by atoms with E-state index in [0.717, 1.165) is 5.56 Å². The molecule has 0 fully saturated rings. The van der Waals surface area contributed by atoms with Gasteiger partial charge in [0.25, 0.3) is 0 Å². The number of rotatable bonds is 2. The lowest BCUT2D eigenvalue weighted by Gasteiger charge is -2.22. The van der Waals surface area contributed by atoms with Crippen molar-refractivity contribution in [2.45, 2.75) is 13.5 Å². The van der Waals surface area contributed by atoms with Gasteiger partial charge in [0.15, 0.2) is 12.2 Å². The van der Waals surface area contributed by atoms with Crippen LogP contribution in [0.5, 0.6) is 11.5 Å². The molecule has 0 unspecified atom stereocenters. The SMILES string of the molecule is Cc1ccc2oc(-c3cc(C(=O)O)cc4c3OCOC4)c([O-])c(=O)c2c1. The Kier molecular flexibility index (Phi) is 3.66. The second-order valence-corrected chi connectivity index (χ2v) is 6.02. The summed E-state index contributed by atoms with van der Waals surface area (Å²) < 4.78 is 16.3. The zero-order valence-electron chi connectivity index (χ0n) is 13.7. The molecule has 0 amide bonds. The van der Waals surface area contributed by atoms with Crippen LogP contribution in [0.1, 0.15) is 21.5 Å². The molecule has 0 aliphatic carbocycles. The fourth-order valence-corrected chi connectivity index (χ4v) is 2.98. The van der Waals surface area contributed by atoms with Gasteiger partial charge in [-0.1, -0.05) is 11.6 Å². The van der Waals surface area contributed by atoms with Crippen LogP contribution in [0.2, 0.25) is 0 Å².